The number of hydrogen-bond donors (Lipinski definition) is 2. The van der Waals surface area contributed by atoms with E-state index in [0.29, 0.717) is 0 Å². The molecule has 2 N–H and O–H groups in total. The zero-order valence-corrected chi connectivity index (χ0v) is 28.2. The van der Waals surface area contributed by atoms with Crippen LogP contribution in [0.4, 0.5) is 11.4 Å². The van der Waals surface area contributed by atoms with Gasteiger partial charge in [-0.3, -0.25) is 10.9 Å². The van der Waals surface area contributed by atoms with Gasteiger partial charge >= 0.3 is 0 Å². The summed E-state index contributed by atoms with van der Waals surface area (Å²) in [5, 5.41) is 6.02. The largest absolute Gasteiger partial charge is 0.358 e. The lowest BCUT2D eigenvalue weighted by molar-refractivity contribution is 0.0278. The van der Waals surface area contributed by atoms with Gasteiger partial charge in [0.25, 0.3) is 0 Å². The molecular weight excluding hydrogens is 621 g/mol. The van der Waals surface area contributed by atoms with Gasteiger partial charge in [-0.2, -0.15) is 0 Å². The van der Waals surface area contributed by atoms with Crippen LogP contribution >= 0.6 is 0 Å². The smallest absolute Gasteiger partial charge is 0.182 e. The molecule has 0 saturated heterocycles. The first-order valence-corrected chi connectivity index (χ1v) is 19.5. The van der Waals surface area contributed by atoms with Gasteiger partial charge in [-0.25, -0.2) is 0 Å². The summed E-state index contributed by atoms with van der Waals surface area (Å²) >= 11 is 0. The van der Waals surface area contributed by atoms with Crippen LogP contribution in [-0.4, -0.2) is 18.4 Å². The highest BCUT2D eigenvalue weighted by Crippen LogP contribution is 2.53. The van der Waals surface area contributed by atoms with Crippen LogP contribution in [0.3, 0.4) is 0 Å². The second kappa shape index (κ2) is 11.5. The van der Waals surface area contributed by atoms with Crippen LogP contribution in [0.5, 0.6) is 11.5 Å². The van der Waals surface area contributed by atoms with Crippen LogP contribution in [0.1, 0.15) is 11.1 Å². The molecule has 0 fully saturated rings. The van der Waals surface area contributed by atoms with Crippen molar-refractivity contribution in [3.8, 4) is 33.8 Å². The molecule has 0 aliphatic carbocycles. The minimum atomic E-state index is -2.62. The van der Waals surface area contributed by atoms with E-state index in [1.807, 2.05) is 22.5 Å². The summed E-state index contributed by atoms with van der Waals surface area (Å²) in [6.07, 6.45) is 0. The molecule has 0 spiro atoms. The molecule has 7 heteroatoms. The number of hydrogen-bond acceptors (Lipinski definition) is 6. The molecule has 238 valence electrons. The molecule has 6 aromatic rings. The van der Waals surface area contributed by atoms with Crippen LogP contribution in [0.15, 0.2) is 168 Å². The Bertz CT molecular complexity index is 2090. The maximum Gasteiger partial charge on any atom is 0.182 e. The Balaban J connectivity index is 1.17. The van der Waals surface area contributed by atoms with Crippen molar-refractivity contribution in [2.24, 2.45) is 0 Å². The minimum Gasteiger partial charge on any atom is -0.358 e. The third-order valence-corrected chi connectivity index (χ3v) is 12.7. The highest BCUT2D eigenvalue weighted by atomic mass is 28.3. The molecular formula is C42H34N4O2Si. The van der Waals surface area contributed by atoms with Crippen LogP contribution in [0.2, 0.25) is 13.1 Å². The number of rotatable bonds is 6. The first-order chi connectivity index (χ1) is 24.0. The van der Waals surface area contributed by atoms with Crippen molar-refractivity contribution in [2.75, 3.05) is 10.9 Å². The van der Waals surface area contributed by atoms with Crippen molar-refractivity contribution in [1.29, 1.82) is 0 Å². The lowest BCUT2D eigenvalue weighted by Crippen LogP contribution is -2.48. The van der Waals surface area contributed by atoms with Gasteiger partial charge in [-0.15, -0.1) is 10.3 Å². The summed E-state index contributed by atoms with van der Waals surface area (Å²) in [4.78, 5) is 13.4. The van der Waals surface area contributed by atoms with Crippen LogP contribution in [0.25, 0.3) is 33.4 Å². The van der Waals surface area contributed by atoms with E-state index in [9.17, 15) is 0 Å². The van der Waals surface area contributed by atoms with Crippen molar-refractivity contribution in [3.05, 3.63) is 179 Å². The summed E-state index contributed by atoms with van der Waals surface area (Å²) in [6, 6.07) is 54.8. The van der Waals surface area contributed by atoms with Crippen LogP contribution < -0.4 is 20.5 Å². The van der Waals surface area contributed by atoms with Crippen LogP contribution in [0, 0.1) is 0 Å². The lowest BCUT2D eigenvalue weighted by Gasteiger charge is -2.33. The lowest BCUT2D eigenvalue weighted by atomic mass is 9.94. The van der Waals surface area contributed by atoms with E-state index in [-0.39, 0.29) is 0 Å². The molecule has 3 heterocycles. The molecule has 0 saturated carbocycles. The average molecular weight is 655 g/mol. The van der Waals surface area contributed by atoms with Gasteiger partial charge in [0.2, 0.25) is 0 Å². The molecule has 0 aromatic heterocycles. The van der Waals surface area contributed by atoms with E-state index in [0.717, 1.165) is 78.0 Å². The molecule has 0 unspecified atom stereocenters. The number of nitrogens with one attached hydrogen (secondary N) is 2. The SMILES string of the molecule is C[Si]1(C)C(N2Nc3cc(-c4ccccc4)ccc3O2)=C(c2ccccc2)C(c2ccccc2)=C1N1Nc2cc(-c3ccccc3)ccc2O1. The van der Waals surface area contributed by atoms with Crippen molar-refractivity contribution in [2.45, 2.75) is 13.1 Å². The van der Waals surface area contributed by atoms with Gasteiger partial charge < -0.3 is 9.68 Å². The molecule has 0 atom stereocenters. The van der Waals surface area contributed by atoms with Crippen molar-refractivity contribution in [3.63, 3.8) is 0 Å². The third kappa shape index (κ3) is 4.94. The van der Waals surface area contributed by atoms with Gasteiger partial charge in [0.1, 0.15) is 11.4 Å². The van der Waals surface area contributed by atoms with Crippen molar-refractivity contribution < 1.29 is 9.68 Å². The van der Waals surface area contributed by atoms with Gasteiger partial charge in [0.05, 0.1) is 10.6 Å². The average Bonchev–Trinajstić information content (AvgIpc) is 3.83. The number of fused-ring (bicyclic) bond motifs is 2. The molecule has 3 aliphatic rings. The maximum absolute atomic E-state index is 6.68. The Morgan fingerprint density at radius 2 is 0.755 bits per heavy atom. The summed E-state index contributed by atoms with van der Waals surface area (Å²) in [6.45, 7) is 4.73. The molecule has 3 aliphatic heterocycles. The van der Waals surface area contributed by atoms with Crippen molar-refractivity contribution in [1.82, 2.24) is 10.3 Å². The maximum atomic E-state index is 6.68. The van der Waals surface area contributed by atoms with E-state index in [1.165, 1.54) is 0 Å². The van der Waals surface area contributed by atoms with Gasteiger partial charge in [0.15, 0.2) is 19.6 Å². The molecule has 49 heavy (non-hydrogen) atoms. The number of benzene rings is 6. The standard InChI is InChI=1S/C42H34N4O2Si/c1-49(2)41(45-43-35-27-33(23-25-37(35)47-45)29-15-7-3-8-16-29)39(31-19-11-5-12-20-31)40(32-21-13-6-14-22-32)42(49)46-44-36-28-34(24-26-38(36)48-46)30-17-9-4-10-18-30/h3-28,43-44H,1-2H3. The quantitative estimate of drug-likeness (QED) is 0.174. The number of anilines is 2. The number of allylic oxidation sites excluding steroid dienone is 2. The fourth-order valence-electron chi connectivity index (χ4n) is 7.14. The Labute approximate surface area is 287 Å². The first-order valence-electron chi connectivity index (χ1n) is 16.5. The summed E-state index contributed by atoms with van der Waals surface area (Å²) in [5.74, 6) is 1.57. The Kier molecular flexibility index (Phi) is 6.81. The fourth-order valence-corrected chi connectivity index (χ4v) is 10.4. The zero-order valence-electron chi connectivity index (χ0n) is 27.2. The first kappa shape index (κ1) is 29.0. The summed E-state index contributed by atoms with van der Waals surface area (Å²) in [7, 11) is -2.62. The molecule has 9 rings (SSSR count). The second-order valence-electron chi connectivity index (χ2n) is 13.0. The van der Waals surface area contributed by atoms with Gasteiger partial charge in [-0.1, -0.05) is 147 Å². The van der Waals surface area contributed by atoms with E-state index in [2.05, 4.69) is 170 Å². The number of hydroxylamine groups is 2. The normalized spacial score (nSPS) is 15.7. The Morgan fingerprint density at radius 3 is 1.12 bits per heavy atom. The molecule has 0 bridgehead atoms. The highest BCUT2D eigenvalue weighted by molar-refractivity contribution is 6.94. The highest BCUT2D eigenvalue weighted by Gasteiger charge is 2.52. The molecule has 6 nitrogen and oxygen atoms in total. The van der Waals surface area contributed by atoms with Gasteiger partial charge in [0, 0.05) is 11.1 Å². The minimum absolute atomic E-state index is 0.787. The third-order valence-electron chi connectivity index (χ3n) is 9.44. The monoisotopic (exact) mass is 654 g/mol. The number of nitrogens with zero attached hydrogens (tertiary/aromatic N) is 2. The van der Waals surface area contributed by atoms with E-state index >= 15 is 0 Å². The molecule has 0 amide bonds. The fraction of sp³-hybridized carbons (Fsp3) is 0.0476. The van der Waals surface area contributed by atoms with E-state index < -0.39 is 8.07 Å². The van der Waals surface area contributed by atoms with Crippen LogP contribution in [-0.2, 0) is 0 Å². The zero-order chi connectivity index (χ0) is 33.0. The second-order valence-corrected chi connectivity index (χ2v) is 17.2. The Morgan fingerprint density at radius 1 is 0.408 bits per heavy atom. The Hall–Kier alpha value is -6.18. The van der Waals surface area contributed by atoms with Crippen molar-refractivity contribution >= 4 is 30.6 Å². The summed E-state index contributed by atoms with van der Waals surface area (Å²) in [5.41, 5.74) is 18.2. The topological polar surface area (TPSA) is 49.0 Å². The summed E-state index contributed by atoms with van der Waals surface area (Å²) < 4.78 is 0. The predicted molar refractivity (Wildman–Crippen MR) is 200 cm³/mol. The van der Waals surface area contributed by atoms with E-state index in [4.69, 9.17) is 9.68 Å². The number of hydrazine groups is 2. The predicted octanol–water partition coefficient (Wildman–Crippen LogP) is 10.2. The van der Waals surface area contributed by atoms with Gasteiger partial charge in [-0.05, 0) is 57.6 Å². The molecule has 0 radical (unpaired) electrons. The molecule has 6 aromatic carbocycles. The van der Waals surface area contributed by atoms with E-state index in [1.54, 1.807) is 0 Å².